The molecule has 17 heteroatoms. The maximum atomic E-state index is 15.1. The number of hydrogen-bond acceptors (Lipinski definition) is 7. The molecule has 4 N–H and O–H groups in total. The van der Waals surface area contributed by atoms with E-state index in [1.54, 1.807) is 0 Å². The minimum Gasteiger partial charge on any atom is -0.480 e. The number of rotatable bonds is 7. The molecule has 1 saturated heterocycles. The van der Waals surface area contributed by atoms with Crippen molar-refractivity contribution >= 4 is 34.3 Å². The summed E-state index contributed by atoms with van der Waals surface area (Å²) < 4.78 is 117. The number of benzene rings is 2. The van der Waals surface area contributed by atoms with Crippen LogP contribution in [0, 0.1) is 11.6 Å². The van der Waals surface area contributed by atoms with Crippen molar-refractivity contribution in [2.75, 3.05) is 30.4 Å². The van der Waals surface area contributed by atoms with Crippen molar-refractivity contribution in [3.05, 3.63) is 83.1 Å². The summed E-state index contributed by atoms with van der Waals surface area (Å²) in [5.74, 6) is -6.42. The van der Waals surface area contributed by atoms with Crippen molar-refractivity contribution in [1.29, 1.82) is 0 Å². The van der Waals surface area contributed by atoms with Gasteiger partial charge in [-0.3, -0.25) is 9.78 Å². The number of nitrogen functional groups attached to an aromatic ring is 1. The topological polar surface area (TPSA) is 131 Å². The summed E-state index contributed by atoms with van der Waals surface area (Å²) in [5.41, 5.74) is 2.41. The first-order chi connectivity index (χ1) is 22.1. The Labute approximate surface area is 260 Å². The largest absolute Gasteiger partial charge is 0.480 e. The van der Waals surface area contributed by atoms with Crippen LogP contribution in [0.5, 0.6) is 0 Å². The number of amides is 1. The van der Waals surface area contributed by atoms with Gasteiger partial charge in [0.1, 0.15) is 35.1 Å². The number of nitrogens with two attached hydrogens (primary N) is 1. The molecule has 4 aromatic rings. The van der Waals surface area contributed by atoms with Crippen LogP contribution in [0.4, 0.5) is 46.6 Å². The van der Waals surface area contributed by atoms with Crippen molar-refractivity contribution < 1.29 is 54.6 Å². The lowest BCUT2D eigenvalue weighted by atomic mass is 9.95. The maximum Gasteiger partial charge on any atom is 0.418 e. The van der Waals surface area contributed by atoms with Crippen LogP contribution in [0.25, 0.3) is 22.2 Å². The number of fused-ring (bicyclic) bond motifs is 1. The molecule has 0 spiro atoms. The Balaban J connectivity index is 1.45. The Bertz CT molecular complexity index is 1830. The number of carbonyl (C=O) groups excluding carboxylic acids is 1. The fourth-order valence-electron chi connectivity index (χ4n) is 5.29. The highest BCUT2D eigenvalue weighted by atomic mass is 19.4. The number of halogens is 8. The van der Waals surface area contributed by atoms with E-state index in [4.69, 9.17) is 10.5 Å². The summed E-state index contributed by atoms with van der Waals surface area (Å²) in [4.78, 5) is 33.8. The monoisotopic (exact) mass is 669 g/mol. The van der Waals surface area contributed by atoms with Gasteiger partial charge in [0.25, 0.3) is 5.91 Å². The van der Waals surface area contributed by atoms with E-state index in [1.165, 1.54) is 30.5 Å². The number of ether oxygens (including phenoxy) is 1. The zero-order chi connectivity index (χ0) is 34.3. The summed E-state index contributed by atoms with van der Waals surface area (Å²) in [6.07, 6.45) is -8.82. The first kappa shape index (κ1) is 33.3. The smallest absolute Gasteiger partial charge is 0.418 e. The predicted octanol–water partition coefficient (Wildman–Crippen LogP) is 5.37. The molecule has 0 aliphatic carbocycles. The number of anilines is 2. The zero-order valence-corrected chi connectivity index (χ0v) is 23.8. The molecule has 3 heterocycles. The molecule has 0 unspecified atom stereocenters. The van der Waals surface area contributed by atoms with Crippen LogP contribution >= 0.6 is 0 Å². The minimum absolute atomic E-state index is 0.00276. The first-order valence-electron chi connectivity index (χ1n) is 13.7. The lowest BCUT2D eigenvalue weighted by Gasteiger charge is -2.38. The molecule has 1 fully saturated rings. The summed E-state index contributed by atoms with van der Waals surface area (Å²) >= 11 is 0. The van der Waals surface area contributed by atoms with Gasteiger partial charge in [0.15, 0.2) is 0 Å². The van der Waals surface area contributed by atoms with E-state index in [-0.39, 0.29) is 41.0 Å². The van der Waals surface area contributed by atoms with Gasteiger partial charge in [-0.1, -0.05) is 18.2 Å². The molecule has 1 amide bonds. The van der Waals surface area contributed by atoms with E-state index in [1.807, 2.05) is 5.32 Å². The normalized spacial score (nSPS) is 16.3. The van der Waals surface area contributed by atoms with Gasteiger partial charge < -0.3 is 25.8 Å². The first-order valence-corrected chi connectivity index (χ1v) is 13.7. The maximum absolute atomic E-state index is 15.1. The fourth-order valence-corrected chi connectivity index (χ4v) is 5.29. The van der Waals surface area contributed by atoms with E-state index in [9.17, 15) is 41.0 Å². The van der Waals surface area contributed by atoms with Crippen LogP contribution in [0.15, 0.2) is 54.7 Å². The molecule has 2 aromatic carbocycles. The molecule has 5 rings (SSSR count). The van der Waals surface area contributed by atoms with Crippen molar-refractivity contribution in [3.8, 4) is 11.3 Å². The Morgan fingerprint density at radius 2 is 1.77 bits per heavy atom. The number of hydrogen-bond donors (Lipinski definition) is 3. The Morgan fingerprint density at radius 1 is 1.06 bits per heavy atom. The van der Waals surface area contributed by atoms with Crippen LogP contribution in [-0.2, 0) is 22.1 Å². The Kier molecular flexibility index (Phi) is 8.94. The zero-order valence-electron chi connectivity index (χ0n) is 23.8. The summed E-state index contributed by atoms with van der Waals surface area (Å²) in [7, 11) is 0. The van der Waals surface area contributed by atoms with E-state index < -0.39 is 83.5 Å². The molecule has 47 heavy (non-hydrogen) atoms. The van der Waals surface area contributed by atoms with Gasteiger partial charge in [0.2, 0.25) is 0 Å². The van der Waals surface area contributed by atoms with E-state index >= 15 is 8.78 Å². The van der Waals surface area contributed by atoms with E-state index in [0.717, 1.165) is 12.1 Å². The summed E-state index contributed by atoms with van der Waals surface area (Å²) in [6, 6.07) is 4.20. The van der Waals surface area contributed by atoms with Gasteiger partial charge in [0, 0.05) is 35.8 Å². The fraction of sp³-hybridized carbons (Fsp3) is 0.267. The van der Waals surface area contributed by atoms with Gasteiger partial charge in [-0.05, 0) is 35.9 Å². The minimum atomic E-state index is -4.81. The third kappa shape index (κ3) is 6.89. The number of aromatic nitrogens is 2. The predicted molar refractivity (Wildman–Crippen MR) is 151 cm³/mol. The number of morpholine rings is 1. The van der Waals surface area contributed by atoms with E-state index in [2.05, 4.69) is 9.97 Å². The second kappa shape index (κ2) is 12.6. The SMILES string of the molecule is Nc1ccc(C(F)(F)F)c(-c2ccc(C[C@H](NC(=O)c3c(F)cc(N4CCOC[C@@H]4C(F)(F)F)cc3F)C(=O)O)c3cccnc23)n1. The number of carboxylic acids is 1. The second-order valence-electron chi connectivity index (χ2n) is 10.5. The van der Waals surface area contributed by atoms with Gasteiger partial charge in [-0.2, -0.15) is 26.3 Å². The van der Waals surface area contributed by atoms with Crippen LogP contribution in [0.1, 0.15) is 21.5 Å². The number of carbonyl (C=O) groups is 2. The number of nitrogens with one attached hydrogen (secondary N) is 1. The number of nitrogens with zero attached hydrogens (tertiary/aromatic N) is 3. The van der Waals surface area contributed by atoms with Crippen molar-refractivity contribution in [2.24, 2.45) is 0 Å². The lowest BCUT2D eigenvalue weighted by Crippen LogP contribution is -2.53. The molecular formula is C30H23F8N5O4. The van der Waals surface area contributed by atoms with Gasteiger partial charge in [-0.25, -0.2) is 18.6 Å². The molecule has 1 aliphatic heterocycles. The average Bonchev–Trinajstić information content (AvgIpc) is 2.99. The van der Waals surface area contributed by atoms with Crippen molar-refractivity contribution in [3.63, 3.8) is 0 Å². The van der Waals surface area contributed by atoms with Gasteiger partial charge >= 0.3 is 18.3 Å². The van der Waals surface area contributed by atoms with Crippen LogP contribution in [0.3, 0.4) is 0 Å². The standard InChI is InChI=1S/C30H23F8N5O4/c31-19-11-15(43-8-9-47-13-22(43)30(36,37)38)12-20(32)24(19)27(44)41-21(28(45)46)10-14-3-4-17(25-16(14)2-1-7-40-25)26-18(29(33,34)35)5-6-23(39)42-26/h1-7,11-12,21-22H,8-10,13H2,(H2,39,42)(H,41,44)(H,45,46)/t21-,22+/m0/s1. The number of aliphatic carboxylic acids is 1. The number of pyridine rings is 2. The highest BCUT2D eigenvalue weighted by molar-refractivity contribution is 5.98. The molecule has 0 bridgehead atoms. The van der Waals surface area contributed by atoms with Gasteiger partial charge in [0.05, 0.1) is 30.0 Å². The molecule has 2 atom stereocenters. The quantitative estimate of drug-likeness (QED) is 0.224. The van der Waals surface area contributed by atoms with Gasteiger partial charge in [-0.15, -0.1) is 0 Å². The summed E-state index contributed by atoms with van der Waals surface area (Å²) in [6.45, 7) is -1.27. The number of alkyl halides is 6. The second-order valence-corrected chi connectivity index (χ2v) is 10.5. The highest BCUT2D eigenvalue weighted by Gasteiger charge is 2.46. The molecule has 1 aliphatic rings. The summed E-state index contributed by atoms with van der Waals surface area (Å²) in [5, 5.41) is 12.1. The highest BCUT2D eigenvalue weighted by Crippen LogP contribution is 2.39. The van der Waals surface area contributed by atoms with Crippen LogP contribution in [0.2, 0.25) is 0 Å². The van der Waals surface area contributed by atoms with Crippen LogP contribution in [-0.4, -0.2) is 65.0 Å². The molecule has 0 saturated carbocycles. The average molecular weight is 670 g/mol. The third-order valence-corrected chi connectivity index (χ3v) is 7.46. The van der Waals surface area contributed by atoms with Crippen LogP contribution < -0.4 is 16.0 Å². The molecule has 2 aromatic heterocycles. The molecule has 248 valence electrons. The lowest BCUT2D eigenvalue weighted by molar-refractivity contribution is -0.167. The van der Waals surface area contributed by atoms with E-state index in [0.29, 0.717) is 17.0 Å². The number of carboxylic acid groups (broad SMARTS) is 1. The molecular weight excluding hydrogens is 646 g/mol. The Morgan fingerprint density at radius 3 is 2.40 bits per heavy atom. The molecule has 9 nitrogen and oxygen atoms in total. The Hall–Kier alpha value is -5.06. The molecule has 0 radical (unpaired) electrons. The van der Waals surface area contributed by atoms with Crippen molar-refractivity contribution in [1.82, 2.24) is 15.3 Å². The van der Waals surface area contributed by atoms with Crippen molar-refractivity contribution in [2.45, 2.75) is 30.9 Å². The third-order valence-electron chi connectivity index (χ3n) is 7.46.